The van der Waals surface area contributed by atoms with E-state index >= 15 is 0 Å². The highest BCUT2D eigenvalue weighted by atomic mass is 79.9. The van der Waals surface area contributed by atoms with Crippen molar-refractivity contribution in [1.29, 1.82) is 0 Å². The van der Waals surface area contributed by atoms with Gasteiger partial charge < -0.3 is 11.1 Å². The molecule has 0 atom stereocenters. The van der Waals surface area contributed by atoms with Crippen LogP contribution in [0.5, 0.6) is 0 Å². The number of benzene rings is 1. The minimum Gasteiger partial charge on any atom is -0.368 e. The molecule has 0 aliphatic rings. The van der Waals surface area contributed by atoms with Crippen LogP contribution in [0.25, 0.3) is 0 Å². The molecule has 0 radical (unpaired) electrons. The van der Waals surface area contributed by atoms with Gasteiger partial charge >= 0.3 is 0 Å². The van der Waals surface area contributed by atoms with E-state index in [2.05, 4.69) is 26.3 Å². The molecule has 0 saturated carbocycles. The molecule has 104 valence electrons. The van der Waals surface area contributed by atoms with Crippen LogP contribution in [0.2, 0.25) is 0 Å². The molecular formula is C13H13BrN4O2. The summed E-state index contributed by atoms with van der Waals surface area (Å²) in [5.41, 5.74) is 7.10. The Morgan fingerprint density at radius 2 is 2.20 bits per heavy atom. The van der Waals surface area contributed by atoms with Gasteiger partial charge in [-0.3, -0.25) is 14.3 Å². The van der Waals surface area contributed by atoms with Gasteiger partial charge in [0.25, 0.3) is 5.91 Å². The quantitative estimate of drug-likeness (QED) is 0.890. The Labute approximate surface area is 124 Å². The lowest BCUT2D eigenvalue weighted by Gasteiger charge is -2.05. The summed E-state index contributed by atoms with van der Waals surface area (Å²) >= 11 is 3.34. The maximum atomic E-state index is 12.1. The first kappa shape index (κ1) is 14.3. The number of primary amides is 1. The zero-order chi connectivity index (χ0) is 14.7. The maximum Gasteiger partial charge on any atom is 0.256 e. The zero-order valence-corrected chi connectivity index (χ0v) is 12.3. The number of hydrogen-bond acceptors (Lipinski definition) is 3. The van der Waals surface area contributed by atoms with E-state index < -0.39 is 5.91 Å². The highest BCUT2D eigenvalue weighted by Gasteiger charge is 2.11. The van der Waals surface area contributed by atoms with Crippen LogP contribution >= 0.6 is 15.9 Å². The first-order chi connectivity index (χ1) is 9.45. The summed E-state index contributed by atoms with van der Waals surface area (Å²) in [5, 5.41) is 6.65. The molecule has 0 spiro atoms. The van der Waals surface area contributed by atoms with Gasteiger partial charge in [0.2, 0.25) is 5.91 Å². The van der Waals surface area contributed by atoms with Crippen molar-refractivity contribution in [3.8, 4) is 0 Å². The number of carbonyl (C=O) groups is 2. The number of aromatic nitrogens is 2. The number of amides is 2. The van der Waals surface area contributed by atoms with Gasteiger partial charge in [0, 0.05) is 10.7 Å². The first-order valence-corrected chi connectivity index (χ1v) is 6.63. The summed E-state index contributed by atoms with van der Waals surface area (Å²) < 4.78 is 2.08. The number of aryl methyl sites for hydroxylation is 1. The fourth-order valence-electron chi connectivity index (χ4n) is 1.69. The van der Waals surface area contributed by atoms with Crippen molar-refractivity contribution in [2.75, 3.05) is 5.32 Å². The van der Waals surface area contributed by atoms with E-state index in [0.29, 0.717) is 15.7 Å². The molecular weight excluding hydrogens is 324 g/mol. The Bertz CT molecular complexity index is 666. The van der Waals surface area contributed by atoms with Crippen molar-refractivity contribution in [2.24, 2.45) is 5.73 Å². The molecule has 0 aliphatic heterocycles. The monoisotopic (exact) mass is 336 g/mol. The summed E-state index contributed by atoms with van der Waals surface area (Å²) in [5.74, 6) is -0.744. The van der Waals surface area contributed by atoms with Crippen molar-refractivity contribution in [1.82, 2.24) is 9.78 Å². The van der Waals surface area contributed by atoms with Crippen LogP contribution < -0.4 is 11.1 Å². The van der Waals surface area contributed by atoms with Crippen molar-refractivity contribution in [3.05, 3.63) is 46.2 Å². The maximum absolute atomic E-state index is 12.1. The highest BCUT2D eigenvalue weighted by Crippen LogP contribution is 2.19. The van der Waals surface area contributed by atoms with E-state index in [4.69, 9.17) is 5.73 Å². The molecule has 2 rings (SSSR count). The average Bonchev–Trinajstić information content (AvgIpc) is 2.78. The molecule has 3 N–H and O–H groups in total. The Balaban J connectivity index is 2.13. The first-order valence-electron chi connectivity index (χ1n) is 5.84. The molecule has 0 fully saturated rings. The number of carbonyl (C=O) groups excluding carboxylic acids is 2. The zero-order valence-electron chi connectivity index (χ0n) is 10.8. The summed E-state index contributed by atoms with van der Waals surface area (Å²) in [4.78, 5) is 22.9. The minimum absolute atomic E-state index is 0.0238. The molecule has 1 aromatic heterocycles. The fraction of sp³-hybridized carbons (Fsp3) is 0.154. The van der Waals surface area contributed by atoms with Gasteiger partial charge in [-0.2, -0.15) is 5.10 Å². The second kappa shape index (κ2) is 5.87. The van der Waals surface area contributed by atoms with E-state index in [1.807, 2.05) is 19.1 Å². The van der Waals surface area contributed by atoms with Gasteiger partial charge in [0.05, 0.1) is 17.4 Å². The van der Waals surface area contributed by atoms with Crippen molar-refractivity contribution >= 4 is 33.4 Å². The van der Waals surface area contributed by atoms with Crippen LogP contribution in [0.15, 0.2) is 35.1 Å². The van der Waals surface area contributed by atoms with Crippen molar-refractivity contribution < 1.29 is 9.59 Å². The van der Waals surface area contributed by atoms with Gasteiger partial charge in [-0.1, -0.05) is 11.6 Å². The van der Waals surface area contributed by atoms with E-state index in [0.717, 1.165) is 5.56 Å². The molecule has 1 aromatic carbocycles. The molecule has 0 saturated heterocycles. The third-order valence-corrected chi connectivity index (χ3v) is 3.27. The van der Waals surface area contributed by atoms with Gasteiger partial charge in [0.15, 0.2) is 0 Å². The normalized spacial score (nSPS) is 10.3. The smallest absolute Gasteiger partial charge is 0.256 e. The summed E-state index contributed by atoms with van der Waals surface area (Å²) in [6, 6.07) is 5.51. The van der Waals surface area contributed by atoms with Gasteiger partial charge in [-0.05, 0) is 35.0 Å². The van der Waals surface area contributed by atoms with Crippen LogP contribution in [0.3, 0.4) is 0 Å². The molecule has 7 heteroatoms. The van der Waals surface area contributed by atoms with Crippen LogP contribution in [-0.2, 0) is 11.3 Å². The standard InChI is InChI=1S/C13H13BrN4O2/c1-8-2-3-11(14)10(4-8)13(20)17-9-5-16-18(6-9)7-12(15)19/h2-6H,7H2,1H3,(H2,15,19)(H,17,20). The Hall–Kier alpha value is -2.15. The van der Waals surface area contributed by atoms with E-state index in [1.165, 1.54) is 10.9 Å². The van der Waals surface area contributed by atoms with Gasteiger partial charge in [-0.25, -0.2) is 0 Å². The summed E-state index contributed by atoms with van der Waals surface area (Å²) in [6.07, 6.45) is 3.01. The Kier molecular flexibility index (Phi) is 4.19. The number of halogens is 1. The molecule has 1 heterocycles. The van der Waals surface area contributed by atoms with Crippen LogP contribution in [-0.4, -0.2) is 21.6 Å². The van der Waals surface area contributed by atoms with Crippen molar-refractivity contribution in [2.45, 2.75) is 13.5 Å². The SMILES string of the molecule is Cc1ccc(Br)c(C(=O)Nc2cnn(CC(N)=O)c2)c1. The third kappa shape index (κ3) is 3.45. The van der Waals surface area contributed by atoms with Crippen LogP contribution in [0.1, 0.15) is 15.9 Å². The van der Waals surface area contributed by atoms with Crippen molar-refractivity contribution in [3.63, 3.8) is 0 Å². The summed E-state index contributed by atoms with van der Waals surface area (Å²) in [7, 11) is 0. The lowest BCUT2D eigenvalue weighted by molar-refractivity contribution is -0.118. The summed E-state index contributed by atoms with van der Waals surface area (Å²) in [6.45, 7) is 1.89. The predicted molar refractivity (Wildman–Crippen MR) is 78.3 cm³/mol. The second-order valence-corrected chi connectivity index (χ2v) is 5.18. The largest absolute Gasteiger partial charge is 0.368 e. The molecule has 20 heavy (non-hydrogen) atoms. The second-order valence-electron chi connectivity index (χ2n) is 4.33. The number of nitrogens with one attached hydrogen (secondary N) is 1. The molecule has 0 unspecified atom stereocenters. The van der Waals surface area contributed by atoms with E-state index in [-0.39, 0.29) is 12.5 Å². The van der Waals surface area contributed by atoms with Crippen LogP contribution in [0, 0.1) is 6.92 Å². The Morgan fingerprint density at radius 3 is 2.90 bits per heavy atom. The minimum atomic E-state index is -0.493. The van der Waals surface area contributed by atoms with Gasteiger partial charge in [0.1, 0.15) is 6.54 Å². The molecule has 6 nitrogen and oxygen atoms in total. The van der Waals surface area contributed by atoms with E-state index in [1.54, 1.807) is 12.3 Å². The lowest BCUT2D eigenvalue weighted by Crippen LogP contribution is -2.18. The lowest BCUT2D eigenvalue weighted by atomic mass is 10.1. The predicted octanol–water partition coefficient (Wildman–Crippen LogP) is 1.69. The molecule has 0 aliphatic carbocycles. The number of hydrogen-bond donors (Lipinski definition) is 2. The molecule has 2 aromatic rings. The number of nitrogens with zero attached hydrogens (tertiary/aromatic N) is 2. The highest BCUT2D eigenvalue weighted by molar-refractivity contribution is 9.10. The number of anilines is 1. The van der Waals surface area contributed by atoms with E-state index in [9.17, 15) is 9.59 Å². The van der Waals surface area contributed by atoms with Crippen LogP contribution in [0.4, 0.5) is 5.69 Å². The average molecular weight is 337 g/mol. The molecule has 0 bridgehead atoms. The fourth-order valence-corrected chi connectivity index (χ4v) is 2.11. The van der Waals surface area contributed by atoms with Gasteiger partial charge in [-0.15, -0.1) is 0 Å². The Morgan fingerprint density at radius 1 is 1.45 bits per heavy atom. The number of rotatable bonds is 4. The molecule has 2 amide bonds. The topological polar surface area (TPSA) is 90.0 Å². The third-order valence-electron chi connectivity index (χ3n) is 2.58. The number of nitrogens with two attached hydrogens (primary N) is 1.